The Morgan fingerprint density at radius 1 is 0.964 bits per heavy atom. The van der Waals surface area contributed by atoms with Crippen LogP contribution in [-0.4, -0.2) is 6.61 Å². The van der Waals surface area contributed by atoms with Crippen LogP contribution in [0.2, 0.25) is 5.02 Å². The molecule has 0 aliphatic heterocycles. The van der Waals surface area contributed by atoms with Gasteiger partial charge in [-0.1, -0.05) is 48.0 Å². The Kier molecular flexibility index (Phi) is 7.45. The van der Waals surface area contributed by atoms with E-state index >= 15 is 0 Å². The molecule has 3 nitrogen and oxygen atoms in total. The second-order valence-corrected chi connectivity index (χ2v) is 8.02. The van der Waals surface area contributed by atoms with Gasteiger partial charge in [-0.05, 0) is 77.4 Å². The van der Waals surface area contributed by atoms with Crippen LogP contribution < -0.4 is 14.8 Å². The predicted molar refractivity (Wildman–Crippen MR) is 125 cm³/mol. The number of ether oxygens (including phenoxy) is 2. The van der Waals surface area contributed by atoms with Crippen LogP contribution in [0.5, 0.6) is 11.5 Å². The molecule has 0 unspecified atom stereocenters. The van der Waals surface area contributed by atoms with Crippen LogP contribution in [0.4, 0.5) is 5.69 Å². The van der Waals surface area contributed by atoms with Crippen LogP contribution >= 0.6 is 34.2 Å². The molecule has 0 atom stereocenters. The normalized spacial score (nSPS) is 10.6. The minimum Gasteiger partial charge on any atom is -0.490 e. The van der Waals surface area contributed by atoms with Crippen molar-refractivity contribution in [2.75, 3.05) is 11.9 Å². The lowest BCUT2D eigenvalue weighted by Crippen LogP contribution is -2.05. The summed E-state index contributed by atoms with van der Waals surface area (Å²) in [6, 6.07) is 20.2. The molecule has 28 heavy (non-hydrogen) atoms. The van der Waals surface area contributed by atoms with Gasteiger partial charge >= 0.3 is 0 Å². The first-order chi connectivity index (χ1) is 13.6. The summed E-state index contributed by atoms with van der Waals surface area (Å²) in [7, 11) is 0. The van der Waals surface area contributed by atoms with Crippen LogP contribution in [0, 0.1) is 10.5 Å². The number of rotatable bonds is 8. The summed E-state index contributed by atoms with van der Waals surface area (Å²) in [6.45, 7) is 5.82. The molecule has 3 rings (SSSR count). The van der Waals surface area contributed by atoms with Gasteiger partial charge < -0.3 is 14.8 Å². The van der Waals surface area contributed by atoms with E-state index in [-0.39, 0.29) is 0 Å². The topological polar surface area (TPSA) is 30.5 Å². The minimum atomic E-state index is 0.510. The van der Waals surface area contributed by atoms with Crippen molar-refractivity contribution in [3.8, 4) is 11.5 Å². The molecule has 0 amide bonds. The molecule has 0 saturated carbocycles. The molecule has 0 aromatic heterocycles. The highest BCUT2D eigenvalue weighted by molar-refractivity contribution is 14.1. The molecule has 0 heterocycles. The molecule has 0 aliphatic carbocycles. The number of hydrogen-bond acceptors (Lipinski definition) is 3. The van der Waals surface area contributed by atoms with Gasteiger partial charge in [0.15, 0.2) is 11.5 Å². The van der Waals surface area contributed by atoms with Gasteiger partial charge in [-0.2, -0.15) is 0 Å². The van der Waals surface area contributed by atoms with E-state index in [0.717, 1.165) is 42.5 Å². The Morgan fingerprint density at radius 2 is 1.75 bits per heavy atom. The average Bonchev–Trinajstić information content (AvgIpc) is 2.69. The number of halogens is 2. The van der Waals surface area contributed by atoms with Crippen LogP contribution in [0.1, 0.15) is 23.6 Å². The lowest BCUT2D eigenvalue weighted by atomic mass is 10.1. The summed E-state index contributed by atoms with van der Waals surface area (Å²) < 4.78 is 13.0. The zero-order valence-electron chi connectivity index (χ0n) is 16.0. The first-order valence-corrected chi connectivity index (χ1v) is 10.6. The number of hydrogen-bond donors (Lipinski definition) is 1. The van der Waals surface area contributed by atoms with Gasteiger partial charge in [-0.3, -0.25) is 0 Å². The first kappa shape index (κ1) is 20.8. The molecule has 3 aromatic carbocycles. The molecule has 0 fully saturated rings. The van der Waals surface area contributed by atoms with Gasteiger partial charge in [0, 0.05) is 17.3 Å². The van der Waals surface area contributed by atoms with Crippen LogP contribution in [-0.2, 0) is 13.2 Å². The minimum absolute atomic E-state index is 0.510. The van der Waals surface area contributed by atoms with Crippen LogP contribution in [0.15, 0.2) is 60.7 Å². The number of nitrogens with one attached hydrogen (secondary N) is 1. The van der Waals surface area contributed by atoms with Crippen molar-refractivity contribution in [1.29, 1.82) is 0 Å². The van der Waals surface area contributed by atoms with Crippen molar-refractivity contribution in [1.82, 2.24) is 0 Å². The average molecular weight is 508 g/mol. The molecule has 3 aromatic rings. The van der Waals surface area contributed by atoms with E-state index in [2.05, 4.69) is 53.0 Å². The second-order valence-electron chi connectivity index (χ2n) is 6.42. The van der Waals surface area contributed by atoms with E-state index in [1.807, 2.05) is 49.4 Å². The van der Waals surface area contributed by atoms with E-state index < -0.39 is 0 Å². The molecule has 0 saturated heterocycles. The zero-order valence-corrected chi connectivity index (χ0v) is 18.9. The maximum atomic E-state index is 6.12. The fraction of sp³-hybridized carbons (Fsp3) is 0.217. The highest BCUT2D eigenvalue weighted by Gasteiger charge is 2.13. The van der Waals surface area contributed by atoms with E-state index in [9.17, 15) is 0 Å². The fourth-order valence-corrected chi connectivity index (χ4v) is 3.83. The third-order valence-corrected chi connectivity index (χ3v) is 5.31. The molecular formula is C23H23ClINO2. The van der Waals surface area contributed by atoms with Crippen molar-refractivity contribution in [2.24, 2.45) is 0 Å². The molecule has 146 valence electrons. The summed E-state index contributed by atoms with van der Waals surface area (Å²) in [6.07, 6.45) is 0. The first-order valence-electron chi connectivity index (χ1n) is 9.18. The lowest BCUT2D eigenvalue weighted by Gasteiger charge is -2.16. The lowest BCUT2D eigenvalue weighted by molar-refractivity contribution is 0.267. The Labute approximate surface area is 185 Å². The van der Waals surface area contributed by atoms with E-state index in [4.69, 9.17) is 21.1 Å². The van der Waals surface area contributed by atoms with Crippen LogP contribution in [0.3, 0.4) is 0 Å². The summed E-state index contributed by atoms with van der Waals surface area (Å²) in [5.41, 5.74) is 4.44. The maximum Gasteiger partial charge on any atom is 0.174 e. The van der Waals surface area contributed by atoms with Gasteiger partial charge in [0.1, 0.15) is 6.61 Å². The third kappa shape index (κ3) is 5.55. The van der Waals surface area contributed by atoms with Gasteiger partial charge in [0.2, 0.25) is 0 Å². The van der Waals surface area contributed by atoms with E-state index in [1.165, 1.54) is 0 Å². The summed E-state index contributed by atoms with van der Waals surface area (Å²) >= 11 is 8.43. The van der Waals surface area contributed by atoms with Gasteiger partial charge in [-0.15, -0.1) is 0 Å². The van der Waals surface area contributed by atoms with Crippen molar-refractivity contribution < 1.29 is 9.47 Å². The summed E-state index contributed by atoms with van der Waals surface area (Å²) in [4.78, 5) is 0. The quantitative estimate of drug-likeness (QED) is 0.339. The van der Waals surface area contributed by atoms with Gasteiger partial charge in [0.05, 0.1) is 10.2 Å². The summed E-state index contributed by atoms with van der Waals surface area (Å²) in [5, 5.41) is 4.18. The molecule has 0 radical (unpaired) electrons. The fourth-order valence-electron chi connectivity index (χ4n) is 2.84. The molecule has 5 heteroatoms. The van der Waals surface area contributed by atoms with Crippen LogP contribution in [0.25, 0.3) is 0 Å². The zero-order chi connectivity index (χ0) is 19.9. The van der Waals surface area contributed by atoms with Crippen molar-refractivity contribution in [2.45, 2.75) is 27.0 Å². The standard InChI is InChI=1S/C23H23ClINO2/c1-3-27-22-12-18(14-26-21-13-19(24)10-9-16(21)2)11-20(25)23(22)28-15-17-7-5-4-6-8-17/h4-13,26H,3,14-15H2,1-2H3. The SMILES string of the molecule is CCOc1cc(CNc2cc(Cl)ccc2C)cc(I)c1OCc1ccccc1. The number of anilines is 1. The number of benzene rings is 3. The Morgan fingerprint density at radius 3 is 2.50 bits per heavy atom. The van der Waals surface area contributed by atoms with Gasteiger partial charge in [0.25, 0.3) is 0 Å². The monoisotopic (exact) mass is 507 g/mol. The smallest absolute Gasteiger partial charge is 0.174 e. The highest BCUT2D eigenvalue weighted by Crippen LogP contribution is 2.35. The van der Waals surface area contributed by atoms with Crippen molar-refractivity contribution >= 4 is 39.9 Å². The third-order valence-electron chi connectivity index (χ3n) is 4.28. The molecule has 1 N–H and O–H groups in total. The Balaban J connectivity index is 1.77. The second kappa shape index (κ2) is 10.0. The van der Waals surface area contributed by atoms with Gasteiger partial charge in [-0.25, -0.2) is 0 Å². The molecular weight excluding hydrogens is 485 g/mol. The molecule has 0 bridgehead atoms. The summed E-state index contributed by atoms with van der Waals surface area (Å²) in [5.74, 6) is 1.55. The van der Waals surface area contributed by atoms with Crippen molar-refractivity contribution in [3.05, 3.63) is 85.9 Å². The molecule has 0 spiro atoms. The Bertz CT molecular complexity index is 931. The highest BCUT2D eigenvalue weighted by atomic mass is 127. The van der Waals surface area contributed by atoms with E-state index in [0.29, 0.717) is 19.8 Å². The largest absolute Gasteiger partial charge is 0.490 e. The number of aryl methyl sites for hydroxylation is 1. The van der Waals surface area contributed by atoms with E-state index in [1.54, 1.807) is 0 Å². The maximum absolute atomic E-state index is 6.12. The Hall–Kier alpha value is -1.92. The van der Waals surface area contributed by atoms with Crippen molar-refractivity contribution in [3.63, 3.8) is 0 Å². The molecule has 0 aliphatic rings. The predicted octanol–water partition coefficient (Wildman–Crippen LogP) is 6.84.